The van der Waals surface area contributed by atoms with Crippen LogP contribution in [0.2, 0.25) is 0 Å². The van der Waals surface area contributed by atoms with Gasteiger partial charge in [0.1, 0.15) is 11.3 Å². The van der Waals surface area contributed by atoms with Crippen molar-refractivity contribution in [3.8, 4) is 11.8 Å². The summed E-state index contributed by atoms with van der Waals surface area (Å²) in [7, 11) is 0. The summed E-state index contributed by atoms with van der Waals surface area (Å²) in [4.78, 5) is 0. The summed E-state index contributed by atoms with van der Waals surface area (Å²) in [6.45, 7) is 11.0. The zero-order chi connectivity index (χ0) is 15.9. The van der Waals surface area contributed by atoms with Gasteiger partial charge in [-0.05, 0) is 65.0 Å². The largest absolute Gasteiger partial charge is 0.493 e. The van der Waals surface area contributed by atoms with Crippen LogP contribution in [0.3, 0.4) is 0 Å². The van der Waals surface area contributed by atoms with E-state index in [9.17, 15) is 5.26 Å². The van der Waals surface area contributed by atoms with E-state index in [4.69, 9.17) is 4.74 Å². The number of aryl methyl sites for hydroxylation is 2. The highest BCUT2D eigenvalue weighted by Gasteiger charge is 2.23. The van der Waals surface area contributed by atoms with Gasteiger partial charge in [0.15, 0.2) is 0 Å². The molecule has 1 aromatic rings. The number of para-hydroxylation sites is 1. The van der Waals surface area contributed by atoms with Crippen LogP contribution in [-0.2, 0) is 0 Å². The third-order valence-electron chi connectivity index (χ3n) is 3.58. The van der Waals surface area contributed by atoms with Crippen molar-refractivity contribution in [2.24, 2.45) is 0 Å². The van der Waals surface area contributed by atoms with E-state index in [0.29, 0.717) is 12.6 Å². The zero-order valence-electron chi connectivity index (χ0n) is 14.0. The summed E-state index contributed by atoms with van der Waals surface area (Å²) in [5, 5.41) is 12.6. The van der Waals surface area contributed by atoms with E-state index in [1.165, 1.54) is 11.1 Å². The van der Waals surface area contributed by atoms with Crippen LogP contribution in [0.15, 0.2) is 18.2 Å². The van der Waals surface area contributed by atoms with Crippen LogP contribution in [0.4, 0.5) is 0 Å². The quantitative estimate of drug-likeness (QED) is 0.731. The van der Waals surface area contributed by atoms with Gasteiger partial charge in [-0.3, -0.25) is 5.32 Å². The third kappa shape index (κ3) is 5.77. The average molecular weight is 288 g/mol. The van der Waals surface area contributed by atoms with Gasteiger partial charge in [0.25, 0.3) is 0 Å². The number of nitriles is 1. The molecule has 0 aromatic heterocycles. The van der Waals surface area contributed by atoms with Gasteiger partial charge in [0.05, 0.1) is 12.7 Å². The summed E-state index contributed by atoms with van der Waals surface area (Å²) >= 11 is 0. The number of nitrogens with zero attached hydrogens (tertiary/aromatic N) is 1. The minimum absolute atomic E-state index is 0.320. The Hall–Kier alpha value is -1.53. The van der Waals surface area contributed by atoms with Crippen molar-refractivity contribution in [1.82, 2.24) is 5.32 Å². The molecule has 0 heterocycles. The third-order valence-corrected chi connectivity index (χ3v) is 3.58. The van der Waals surface area contributed by atoms with Crippen molar-refractivity contribution >= 4 is 0 Å². The topological polar surface area (TPSA) is 45.0 Å². The Balaban J connectivity index is 2.36. The molecule has 0 aliphatic carbocycles. The van der Waals surface area contributed by atoms with Gasteiger partial charge in [0, 0.05) is 6.04 Å². The van der Waals surface area contributed by atoms with Crippen molar-refractivity contribution in [3.63, 3.8) is 0 Å². The van der Waals surface area contributed by atoms with E-state index >= 15 is 0 Å². The van der Waals surface area contributed by atoms with Crippen molar-refractivity contribution < 1.29 is 4.74 Å². The summed E-state index contributed by atoms with van der Waals surface area (Å²) in [6, 6.07) is 8.90. The molecule has 0 saturated heterocycles. The van der Waals surface area contributed by atoms with Gasteiger partial charge in [-0.1, -0.05) is 18.2 Å². The highest BCUT2D eigenvalue weighted by atomic mass is 16.5. The Morgan fingerprint density at radius 2 is 1.86 bits per heavy atom. The Bertz CT molecular complexity index is 470. The van der Waals surface area contributed by atoms with Gasteiger partial charge in [-0.2, -0.15) is 5.26 Å². The van der Waals surface area contributed by atoms with Crippen LogP contribution in [0.25, 0.3) is 0 Å². The summed E-state index contributed by atoms with van der Waals surface area (Å²) in [6.07, 6.45) is 2.79. The molecule has 116 valence electrons. The number of benzene rings is 1. The fraction of sp³-hybridized carbons (Fsp3) is 0.611. The molecule has 3 heteroatoms. The highest BCUT2D eigenvalue weighted by molar-refractivity contribution is 5.39. The summed E-state index contributed by atoms with van der Waals surface area (Å²) < 4.78 is 5.89. The average Bonchev–Trinajstić information content (AvgIpc) is 2.40. The predicted octanol–water partition coefficient (Wildman–Crippen LogP) is 4.13. The molecule has 1 rings (SSSR count). The van der Waals surface area contributed by atoms with E-state index in [2.05, 4.69) is 51.2 Å². The van der Waals surface area contributed by atoms with Crippen LogP contribution in [0, 0.1) is 25.2 Å². The van der Waals surface area contributed by atoms with Gasteiger partial charge in [0.2, 0.25) is 0 Å². The maximum atomic E-state index is 9.30. The van der Waals surface area contributed by atoms with E-state index in [-0.39, 0.29) is 0 Å². The number of rotatable bonds is 8. The maximum absolute atomic E-state index is 9.30. The van der Waals surface area contributed by atoms with Crippen LogP contribution < -0.4 is 10.1 Å². The van der Waals surface area contributed by atoms with Crippen molar-refractivity contribution in [2.75, 3.05) is 6.61 Å². The first kappa shape index (κ1) is 17.5. The smallest absolute Gasteiger partial charge is 0.125 e. The van der Waals surface area contributed by atoms with Crippen molar-refractivity contribution in [1.29, 1.82) is 5.26 Å². The fourth-order valence-electron chi connectivity index (χ4n) is 2.58. The Morgan fingerprint density at radius 1 is 1.24 bits per heavy atom. The van der Waals surface area contributed by atoms with Crippen LogP contribution >= 0.6 is 0 Å². The van der Waals surface area contributed by atoms with Crippen LogP contribution in [0.1, 0.15) is 51.2 Å². The standard InChI is InChI=1S/C18H28N2O/c1-14(2)20-18(5,13-19)11-6-7-12-21-17-15(3)9-8-10-16(17)4/h8-10,14,20H,6-7,11-12H2,1-5H3. The number of unbranched alkanes of at least 4 members (excludes halogenated alkanes) is 1. The monoisotopic (exact) mass is 288 g/mol. The normalized spacial score (nSPS) is 13.8. The molecule has 1 atom stereocenters. The fourth-order valence-corrected chi connectivity index (χ4v) is 2.58. The van der Waals surface area contributed by atoms with Gasteiger partial charge < -0.3 is 4.74 Å². The molecule has 0 radical (unpaired) electrons. The number of nitrogens with one attached hydrogen (secondary N) is 1. The molecular weight excluding hydrogens is 260 g/mol. The molecule has 0 spiro atoms. The Kier molecular flexibility index (Phi) is 6.71. The second kappa shape index (κ2) is 8.05. The lowest BCUT2D eigenvalue weighted by atomic mass is 9.96. The first-order chi connectivity index (χ1) is 9.88. The van der Waals surface area contributed by atoms with E-state index in [0.717, 1.165) is 25.0 Å². The van der Waals surface area contributed by atoms with E-state index < -0.39 is 5.54 Å². The molecule has 1 unspecified atom stereocenters. The van der Waals surface area contributed by atoms with Gasteiger partial charge in [-0.15, -0.1) is 0 Å². The molecule has 0 fully saturated rings. The molecule has 0 saturated carbocycles. The molecule has 3 nitrogen and oxygen atoms in total. The van der Waals surface area contributed by atoms with Crippen LogP contribution in [0.5, 0.6) is 5.75 Å². The molecule has 21 heavy (non-hydrogen) atoms. The van der Waals surface area contributed by atoms with E-state index in [1.54, 1.807) is 0 Å². The molecule has 0 aliphatic heterocycles. The number of hydrogen-bond donors (Lipinski definition) is 1. The van der Waals surface area contributed by atoms with Crippen molar-refractivity contribution in [2.45, 2.75) is 65.5 Å². The number of ether oxygens (including phenoxy) is 1. The second-order valence-electron chi connectivity index (χ2n) is 6.27. The lowest BCUT2D eigenvalue weighted by molar-refractivity contribution is 0.289. The zero-order valence-corrected chi connectivity index (χ0v) is 14.0. The molecule has 0 bridgehead atoms. The molecule has 1 aromatic carbocycles. The first-order valence-corrected chi connectivity index (χ1v) is 7.76. The number of hydrogen-bond acceptors (Lipinski definition) is 3. The van der Waals surface area contributed by atoms with E-state index in [1.807, 2.05) is 13.0 Å². The summed E-state index contributed by atoms with van der Waals surface area (Å²) in [5.74, 6) is 1.00. The minimum atomic E-state index is -0.438. The SMILES string of the molecule is Cc1cccc(C)c1OCCCCC(C)(C#N)NC(C)C. The van der Waals surface area contributed by atoms with Gasteiger partial charge >= 0.3 is 0 Å². The minimum Gasteiger partial charge on any atom is -0.493 e. The lowest BCUT2D eigenvalue weighted by Crippen LogP contribution is -2.44. The predicted molar refractivity (Wildman–Crippen MR) is 87.6 cm³/mol. The highest BCUT2D eigenvalue weighted by Crippen LogP contribution is 2.23. The van der Waals surface area contributed by atoms with Crippen molar-refractivity contribution in [3.05, 3.63) is 29.3 Å². The lowest BCUT2D eigenvalue weighted by Gasteiger charge is -2.25. The van der Waals surface area contributed by atoms with Crippen LogP contribution in [-0.4, -0.2) is 18.2 Å². The second-order valence-corrected chi connectivity index (χ2v) is 6.27. The first-order valence-electron chi connectivity index (χ1n) is 7.76. The Morgan fingerprint density at radius 3 is 2.38 bits per heavy atom. The maximum Gasteiger partial charge on any atom is 0.125 e. The molecular formula is C18H28N2O. The molecule has 1 N–H and O–H groups in total. The molecule has 0 aliphatic rings. The Labute approximate surface area is 129 Å². The summed E-state index contributed by atoms with van der Waals surface area (Å²) in [5.41, 5.74) is 1.92. The molecule has 0 amide bonds. The van der Waals surface area contributed by atoms with Gasteiger partial charge in [-0.25, -0.2) is 0 Å².